The Morgan fingerprint density at radius 1 is 1.29 bits per heavy atom. The van der Waals surface area contributed by atoms with Gasteiger partial charge in [-0.1, -0.05) is 23.2 Å². The van der Waals surface area contributed by atoms with Crippen LogP contribution in [-0.2, 0) is 0 Å². The summed E-state index contributed by atoms with van der Waals surface area (Å²) >= 11 is 14.0. The molecule has 0 spiro atoms. The quantitative estimate of drug-likeness (QED) is 0.796. The fraction of sp³-hybridized carbons (Fsp3) is 0. The molecule has 0 saturated heterocycles. The van der Waals surface area contributed by atoms with Crippen molar-refractivity contribution in [2.45, 2.75) is 0 Å². The molecule has 0 fully saturated rings. The first kappa shape index (κ1) is 12.7. The van der Waals surface area contributed by atoms with Gasteiger partial charge in [0.1, 0.15) is 5.69 Å². The van der Waals surface area contributed by atoms with Gasteiger partial charge in [0.2, 0.25) is 0 Å². The first-order valence-corrected chi connectivity index (χ1v) is 6.39. The predicted molar refractivity (Wildman–Crippen MR) is 75.5 cm³/mol. The summed E-state index contributed by atoms with van der Waals surface area (Å²) in [6.45, 7) is 0. The van der Waals surface area contributed by atoms with Gasteiger partial charge in [0.05, 0.1) is 10.7 Å². The Balaban J connectivity index is 2.67. The number of nitrogens with zero attached hydrogens (tertiary/aromatic N) is 1. The van der Waals surface area contributed by atoms with Crippen molar-refractivity contribution in [3.8, 4) is 5.69 Å². The maximum Gasteiger partial charge on any atom is 0.352 e. The Morgan fingerprint density at radius 3 is 2.65 bits per heavy atom. The fourth-order valence-electron chi connectivity index (χ4n) is 1.46. The Hall–Kier alpha value is -0.720. The Kier molecular flexibility index (Phi) is 3.65. The van der Waals surface area contributed by atoms with Crippen LogP contribution in [0.1, 0.15) is 10.5 Å². The minimum Gasteiger partial charge on any atom is -0.477 e. The molecule has 1 N–H and O–H groups in total. The molecular formula is C11H6Cl2INO2. The number of rotatable bonds is 2. The van der Waals surface area contributed by atoms with E-state index >= 15 is 0 Å². The first-order chi connectivity index (χ1) is 7.99. The summed E-state index contributed by atoms with van der Waals surface area (Å²) < 4.78 is 2.33. The van der Waals surface area contributed by atoms with Crippen molar-refractivity contribution in [2.75, 3.05) is 0 Å². The summed E-state index contributed by atoms with van der Waals surface area (Å²) in [5.74, 6) is -1.01. The second-order valence-electron chi connectivity index (χ2n) is 3.31. The molecule has 3 nitrogen and oxygen atoms in total. The molecule has 6 heteroatoms. The smallest absolute Gasteiger partial charge is 0.352 e. The van der Waals surface area contributed by atoms with Crippen molar-refractivity contribution in [1.82, 2.24) is 4.57 Å². The number of carboxylic acids is 1. The molecule has 0 bridgehead atoms. The fourth-order valence-corrected chi connectivity index (χ4v) is 2.41. The van der Waals surface area contributed by atoms with E-state index in [1.165, 1.54) is 4.57 Å². The molecule has 2 aromatic rings. The van der Waals surface area contributed by atoms with E-state index in [-0.39, 0.29) is 5.69 Å². The van der Waals surface area contributed by atoms with Gasteiger partial charge >= 0.3 is 5.97 Å². The van der Waals surface area contributed by atoms with Crippen molar-refractivity contribution in [2.24, 2.45) is 0 Å². The molecule has 88 valence electrons. The minimum atomic E-state index is -1.01. The normalized spacial score (nSPS) is 10.5. The zero-order valence-electron chi connectivity index (χ0n) is 8.32. The number of benzene rings is 1. The van der Waals surface area contributed by atoms with E-state index in [1.807, 2.05) is 22.6 Å². The van der Waals surface area contributed by atoms with Crippen LogP contribution in [0.3, 0.4) is 0 Å². The third-order valence-electron chi connectivity index (χ3n) is 2.17. The Morgan fingerprint density at radius 2 is 2.00 bits per heavy atom. The first-order valence-electron chi connectivity index (χ1n) is 4.55. The molecule has 2 rings (SSSR count). The molecule has 17 heavy (non-hydrogen) atoms. The minimum absolute atomic E-state index is 0.151. The van der Waals surface area contributed by atoms with Crippen LogP contribution in [0.4, 0.5) is 0 Å². The van der Waals surface area contributed by atoms with Gasteiger partial charge in [-0.25, -0.2) is 4.79 Å². The molecule has 0 amide bonds. The number of halogens is 3. The van der Waals surface area contributed by atoms with E-state index in [2.05, 4.69) is 0 Å². The highest BCUT2D eigenvalue weighted by molar-refractivity contribution is 14.1. The van der Waals surface area contributed by atoms with E-state index in [0.717, 1.165) is 3.57 Å². The summed E-state index contributed by atoms with van der Waals surface area (Å²) in [5, 5.41) is 10.1. The molecule has 1 aromatic heterocycles. The lowest BCUT2D eigenvalue weighted by Crippen LogP contribution is -2.05. The van der Waals surface area contributed by atoms with Crippen LogP contribution in [0.25, 0.3) is 5.69 Å². The standard InChI is InChI=1S/C11H6Cl2INO2/c12-6-1-2-8(13)9(3-6)15-5-7(14)4-10(15)11(16)17/h1-5H,(H,16,17). The Labute approximate surface area is 121 Å². The van der Waals surface area contributed by atoms with Crippen LogP contribution in [0, 0.1) is 3.57 Å². The number of hydrogen-bond acceptors (Lipinski definition) is 1. The summed E-state index contributed by atoms with van der Waals surface area (Å²) in [6.07, 6.45) is 1.70. The van der Waals surface area contributed by atoms with Crippen molar-refractivity contribution in [3.63, 3.8) is 0 Å². The molecule has 1 aromatic carbocycles. The molecule has 0 aliphatic carbocycles. The van der Waals surface area contributed by atoms with Crippen LogP contribution < -0.4 is 0 Å². The topological polar surface area (TPSA) is 42.2 Å². The zero-order chi connectivity index (χ0) is 12.6. The molecule has 0 saturated carbocycles. The monoisotopic (exact) mass is 381 g/mol. The molecule has 0 unspecified atom stereocenters. The van der Waals surface area contributed by atoms with Gasteiger partial charge in [0.15, 0.2) is 0 Å². The predicted octanol–water partition coefficient (Wildman–Crippen LogP) is 4.09. The average molecular weight is 382 g/mol. The van der Waals surface area contributed by atoms with Crippen molar-refractivity contribution < 1.29 is 9.90 Å². The molecule has 1 heterocycles. The highest BCUT2D eigenvalue weighted by Gasteiger charge is 2.15. The number of hydrogen-bond donors (Lipinski definition) is 1. The maximum atomic E-state index is 11.1. The van der Waals surface area contributed by atoms with Crippen LogP contribution in [-0.4, -0.2) is 15.6 Å². The number of carbonyl (C=O) groups is 1. The largest absolute Gasteiger partial charge is 0.477 e. The van der Waals surface area contributed by atoms with Gasteiger partial charge < -0.3 is 9.67 Å². The third kappa shape index (κ3) is 2.59. The highest BCUT2D eigenvalue weighted by atomic mass is 127. The van der Waals surface area contributed by atoms with E-state index in [4.69, 9.17) is 28.3 Å². The summed E-state index contributed by atoms with van der Waals surface area (Å²) in [4.78, 5) is 11.1. The van der Waals surface area contributed by atoms with Crippen molar-refractivity contribution >= 4 is 51.8 Å². The summed E-state index contributed by atoms with van der Waals surface area (Å²) in [6, 6.07) is 6.49. The van der Waals surface area contributed by atoms with E-state index in [1.54, 1.807) is 30.5 Å². The second-order valence-corrected chi connectivity index (χ2v) is 5.40. The van der Waals surface area contributed by atoms with Gasteiger partial charge in [-0.15, -0.1) is 0 Å². The highest BCUT2D eigenvalue weighted by Crippen LogP contribution is 2.27. The average Bonchev–Trinajstić information content (AvgIpc) is 2.64. The lowest BCUT2D eigenvalue weighted by Gasteiger charge is -2.08. The number of aromatic carboxylic acids is 1. The second kappa shape index (κ2) is 4.88. The van der Waals surface area contributed by atoms with Crippen LogP contribution in [0.2, 0.25) is 10.0 Å². The van der Waals surface area contributed by atoms with E-state index < -0.39 is 5.97 Å². The molecule has 0 radical (unpaired) electrons. The van der Waals surface area contributed by atoms with E-state index in [0.29, 0.717) is 15.7 Å². The summed E-state index contributed by atoms with van der Waals surface area (Å²) in [5.41, 5.74) is 0.707. The van der Waals surface area contributed by atoms with Gasteiger partial charge in [-0.05, 0) is 46.9 Å². The molecule has 0 atom stereocenters. The van der Waals surface area contributed by atoms with Crippen molar-refractivity contribution in [3.05, 3.63) is 49.8 Å². The maximum absolute atomic E-state index is 11.1. The molecule has 0 aliphatic rings. The zero-order valence-corrected chi connectivity index (χ0v) is 12.0. The van der Waals surface area contributed by atoms with Gasteiger partial charge in [0.25, 0.3) is 0 Å². The Bertz CT molecular complexity index is 595. The lowest BCUT2D eigenvalue weighted by molar-refractivity contribution is 0.0688. The van der Waals surface area contributed by atoms with Crippen LogP contribution in [0.5, 0.6) is 0 Å². The summed E-state index contributed by atoms with van der Waals surface area (Å²) in [7, 11) is 0. The van der Waals surface area contributed by atoms with Crippen molar-refractivity contribution in [1.29, 1.82) is 0 Å². The molecular weight excluding hydrogens is 376 g/mol. The van der Waals surface area contributed by atoms with Gasteiger partial charge in [-0.2, -0.15) is 0 Å². The van der Waals surface area contributed by atoms with Gasteiger partial charge in [-0.3, -0.25) is 0 Å². The van der Waals surface area contributed by atoms with Gasteiger partial charge in [0, 0.05) is 14.8 Å². The SMILES string of the molecule is O=C(O)c1cc(I)cn1-c1cc(Cl)ccc1Cl. The van der Waals surface area contributed by atoms with Crippen LogP contribution >= 0.6 is 45.8 Å². The number of aromatic nitrogens is 1. The lowest BCUT2D eigenvalue weighted by atomic mass is 10.3. The van der Waals surface area contributed by atoms with Crippen LogP contribution in [0.15, 0.2) is 30.5 Å². The third-order valence-corrected chi connectivity index (χ3v) is 3.32. The van der Waals surface area contributed by atoms with E-state index in [9.17, 15) is 4.79 Å². The number of carboxylic acid groups (broad SMARTS) is 1. The molecule has 0 aliphatic heterocycles.